The van der Waals surface area contributed by atoms with Gasteiger partial charge in [0, 0.05) is 44.7 Å². The molecule has 0 unspecified atom stereocenters. The van der Waals surface area contributed by atoms with Crippen LogP contribution in [0.15, 0.2) is 0 Å². The van der Waals surface area contributed by atoms with Gasteiger partial charge >= 0.3 is 0 Å². The van der Waals surface area contributed by atoms with Crippen molar-refractivity contribution in [2.75, 3.05) is 32.7 Å². The van der Waals surface area contributed by atoms with Crippen LogP contribution in [0, 0.1) is 17.3 Å². The number of piperazine rings is 1. The Morgan fingerprint density at radius 3 is 2.25 bits per heavy atom. The van der Waals surface area contributed by atoms with Crippen LogP contribution in [0.4, 0.5) is 0 Å². The molecule has 1 aliphatic carbocycles. The van der Waals surface area contributed by atoms with E-state index in [0.29, 0.717) is 12.6 Å². The van der Waals surface area contributed by atoms with Crippen molar-refractivity contribution in [3.05, 3.63) is 0 Å². The zero-order valence-corrected chi connectivity index (χ0v) is 15.5. The second-order valence-electron chi connectivity index (χ2n) is 8.85. The van der Waals surface area contributed by atoms with Crippen LogP contribution in [0.5, 0.6) is 0 Å². The van der Waals surface area contributed by atoms with Gasteiger partial charge in [0.2, 0.25) is 11.8 Å². The number of hydrogen-bond donors (Lipinski definition) is 1. The Morgan fingerprint density at radius 2 is 1.67 bits per heavy atom. The number of amides is 2. The summed E-state index contributed by atoms with van der Waals surface area (Å²) < 4.78 is 0. The smallest absolute Gasteiger partial charge is 0.235 e. The van der Waals surface area contributed by atoms with E-state index in [9.17, 15) is 9.59 Å². The molecule has 2 aliphatic heterocycles. The minimum Gasteiger partial charge on any atom is -0.355 e. The standard InChI is InChI=1S/C19H33N3O2/c1-19(2,3)15-13-20-17(23)16(15)18(24)22-11-9-21(10-12-22)14-7-5-4-6-8-14/h14-16H,4-13H2,1-3H3,(H,20,23)/t15-,16+/m0/s1. The third kappa shape index (κ3) is 3.61. The van der Waals surface area contributed by atoms with Crippen molar-refractivity contribution in [1.29, 1.82) is 0 Å². The van der Waals surface area contributed by atoms with Gasteiger partial charge in [-0.15, -0.1) is 0 Å². The van der Waals surface area contributed by atoms with Crippen molar-refractivity contribution in [3.8, 4) is 0 Å². The second-order valence-corrected chi connectivity index (χ2v) is 8.85. The average Bonchev–Trinajstić information content (AvgIpc) is 2.97. The van der Waals surface area contributed by atoms with E-state index < -0.39 is 5.92 Å². The molecule has 5 nitrogen and oxygen atoms in total. The molecule has 0 bridgehead atoms. The first kappa shape index (κ1) is 17.7. The van der Waals surface area contributed by atoms with E-state index in [0.717, 1.165) is 26.2 Å². The monoisotopic (exact) mass is 335 g/mol. The fourth-order valence-electron chi connectivity index (χ4n) is 4.66. The quantitative estimate of drug-likeness (QED) is 0.784. The Balaban J connectivity index is 1.59. The summed E-state index contributed by atoms with van der Waals surface area (Å²) in [5.41, 5.74) is -0.0383. The van der Waals surface area contributed by atoms with E-state index in [-0.39, 0.29) is 23.1 Å². The highest BCUT2D eigenvalue weighted by molar-refractivity contribution is 6.02. The molecule has 0 aromatic rings. The molecule has 2 amide bonds. The molecule has 2 atom stereocenters. The number of hydrogen-bond acceptors (Lipinski definition) is 3. The van der Waals surface area contributed by atoms with Crippen molar-refractivity contribution in [3.63, 3.8) is 0 Å². The zero-order chi connectivity index (χ0) is 17.3. The SMILES string of the molecule is CC(C)(C)[C@H]1CNC(=O)[C@@H]1C(=O)N1CCN(C2CCCCC2)CC1. The Kier molecular flexibility index (Phi) is 5.19. The lowest BCUT2D eigenvalue weighted by molar-refractivity contribution is -0.144. The van der Waals surface area contributed by atoms with E-state index in [4.69, 9.17) is 0 Å². The predicted molar refractivity (Wildman–Crippen MR) is 94.5 cm³/mol. The van der Waals surface area contributed by atoms with Gasteiger partial charge in [-0.05, 0) is 18.3 Å². The molecule has 0 radical (unpaired) electrons. The van der Waals surface area contributed by atoms with Gasteiger partial charge in [-0.1, -0.05) is 40.0 Å². The maximum atomic E-state index is 13.0. The fourth-order valence-corrected chi connectivity index (χ4v) is 4.66. The molecule has 3 rings (SSSR count). The molecule has 24 heavy (non-hydrogen) atoms. The molecule has 0 aromatic heterocycles. The Morgan fingerprint density at radius 1 is 1.04 bits per heavy atom. The Bertz CT molecular complexity index is 471. The van der Waals surface area contributed by atoms with Gasteiger partial charge in [0.25, 0.3) is 0 Å². The van der Waals surface area contributed by atoms with Crippen molar-refractivity contribution < 1.29 is 9.59 Å². The molecular formula is C19H33N3O2. The highest BCUT2D eigenvalue weighted by Gasteiger charge is 2.47. The summed E-state index contributed by atoms with van der Waals surface area (Å²) in [6.07, 6.45) is 6.69. The van der Waals surface area contributed by atoms with E-state index in [1.165, 1.54) is 32.1 Å². The zero-order valence-electron chi connectivity index (χ0n) is 15.5. The van der Waals surface area contributed by atoms with E-state index in [1.54, 1.807) is 0 Å². The van der Waals surface area contributed by atoms with Crippen LogP contribution >= 0.6 is 0 Å². The molecule has 2 saturated heterocycles. The normalized spacial score (nSPS) is 30.5. The first-order valence-corrected chi connectivity index (χ1v) is 9.68. The largest absolute Gasteiger partial charge is 0.355 e. The first-order valence-electron chi connectivity index (χ1n) is 9.68. The second kappa shape index (κ2) is 7.03. The lowest BCUT2D eigenvalue weighted by Crippen LogP contribution is -2.54. The van der Waals surface area contributed by atoms with Crippen LogP contribution in [-0.2, 0) is 9.59 Å². The molecule has 0 spiro atoms. The van der Waals surface area contributed by atoms with Gasteiger partial charge in [0.1, 0.15) is 5.92 Å². The van der Waals surface area contributed by atoms with Gasteiger partial charge < -0.3 is 10.2 Å². The third-order valence-electron chi connectivity index (χ3n) is 6.28. The number of nitrogens with one attached hydrogen (secondary N) is 1. The Hall–Kier alpha value is -1.10. The number of carbonyl (C=O) groups excluding carboxylic acids is 2. The highest BCUT2D eigenvalue weighted by Crippen LogP contribution is 2.36. The molecule has 5 heteroatoms. The predicted octanol–water partition coefficient (Wildman–Crippen LogP) is 1.87. The summed E-state index contributed by atoms with van der Waals surface area (Å²) >= 11 is 0. The van der Waals surface area contributed by atoms with Gasteiger partial charge in [-0.2, -0.15) is 0 Å². The lowest BCUT2D eigenvalue weighted by Gasteiger charge is -2.42. The van der Waals surface area contributed by atoms with Crippen molar-refractivity contribution in [2.45, 2.75) is 58.9 Å². The molecule has 1 saturated carbocycles. The van der Waals surface area contributed by atoms with Crippen LogP contribution < -0.4 is 5.32 Å². The summed E-state index contributed by atoms with van der Waals surface area (Å²) in [5.74, 6) is -0.428. The van der Waals surface area contributed by atoms with Crippen molar-refractivity contribution in [2.24, 2.45) is 17.3 Å². The van der Waals surface area contributed by atoms with Crippen LogP contribution in [0.25, 0.3) is 0 Å². The minimum absolute atomic E-state index is 0.0383. The average molecular weight is 335 g/mol. The van der Waals surface area contributed by atoms with E-state index in [1.807, 2.05) is 4.90 Å². The maximum absolute atomic E-state index is 13.0. The number of rotatable bonds is 2. The Labute approximate surface area is 146 Å². The topological polar surface area (TPSA) is 52.7 Å². The molecule has 0 aromatic carbocycles. The first-order chi connectivity index (χ1) is 11.4. The van der Waals surface area contributed by atoms with Gasteiger partial charge in [0.15, 0.2) is 0 Å². The summed E-state index contributed by atoms with van der Waals surface area (Å²) in [5, 5.41) is 2.91. The number of nitrogens with zero attached hydrogens (tertiary/aromatic N) is 2. The van der Waals surface area contributed by atoms with Crippen molar-refractivity contribution >= 4 is 11.8 Å². The van der Waals surface area contributed by atoms with Gasteiger partial charge in [-0.25, -0.2) is 0 Å². The molecule has 3 fully saturated rings. The summed E-state index contributed by atoms with van der Waals surface area (Å²) in [6.45, 7) is 10.5. The molecule has 1 N–H and O–H groups in total. The molecular weight excluding hydrogens is 302 g/mol. The van der Waals surface area contributed by atoms with Crippen LogP contribution in [0.2, 0.25) is 0 Å². The molecule has 3 aliphatic rings. The third-order valence-corrected chi connectivity index (χ3v) is 6.28. The van der Waals surface area contributed by atoms with Crippen molar-refractivity contribution in [1.82, 2.24) is 15.1 Å². The van der Waals surface area contributed by atoms with Gasteiger partial charge in [-0.3, -0.25) is 14.5 Å². The number of carbonyl (C=O) groups is 2. The van der Waals surface area contributed by atoms with E-state index in [2.05, 4.69) is 31.0 Å². The van der Waals surface area contributed by atoms with Gasteiger partial charge in [0.05, 0.1) is 0 Å². The minimum atomic E-state index is -0.494. The van der Waals surface area contributed by atoms with Crippen LogP contribution in [0.3, 0.4) is 0 Å². The lowest BCUT2D eigenvalue weighted by atomic mass is 9.74. The summed E-state index contributed by atoms with van der Waals surface area (Å²) in [4.78, 5) is 29.8. The summed E-state index contributed by atoms with van der Waals surface area (Å²) in [6, 6.07) is 0.716. The summed E-state index contributed by atoms with van der Waals surface area (Å²) in [7, 11) is 0. The molecule has 136 valence electrons. The highest BCUT2D eigenvalue weighted by atomic mass is 16.2. The molecule has 2 heterocycles. The fraction of sp³-hybridized carbons (Fsp3) is 0.895. The van der Waals surface area contributed by atoms with Crippen LogP contribution in [0.1, 0.15) is 52.9 Å². The maximum Gasteiger partial charge on any atom is 0.235 e. The van der Waals surface area contributed by atoms with E-state index >= 15 is 0 Å². The van der Waals surface area contributed by atoms with Crippen LogP contribution in [-0.4, -0.2) is 60.4 Å².